The molecule has 1 aromatic carbocycles. The number of hydrogen-bond acceptors (Lipinski definition) is 5. The van der Waals surface area contributed by atoms with Gasteiger partial charge in [0.1, 0.15) is 0 Å². The third kappa shape index (κ3) is 3.69. The summed E-state index contributed by atoms with van der Waals surface area (Å²) in [5.41, 5.74) is 4.64. The van der Waals surface area contributed by atoms with Crippen LogP contribution in [0.25, 0.3) is 10.6 Å². The van der Waals surface area contributed by atoms with E-state index in [0.717, 1.165) is 10.4 Å². The van der Waals surface area contributed by atoms with E-state index in [9.17, 15) is 4.79 Å². The van der Waals surface area contributed by atoms with Crippen molar-refractivity contribution in [2.24, 2.45) is 5.10 Å². The van der Waals surface area contributed by atoms with Crippen molar-refractivity contribution in [2.45, 2.75) is 4.90 Å². The Balaban J connectivity index is 1.68. The number of thiophene rings is 1. The summed E-state index contributed by atoms with van der Waals surface area (Å²) in [4.78, 5) is 14.4. The minimum absolute atomic E-state index is 0.292. The second-order valence-electron chi connectivity index (χ2n) is 4.61. The van der Waals surface area contributed by atoms with Crippen LogP contribution in [0.15, 0.2) is 58.0 Å². The van der Waals surface area contributed by atoms with Crippen molar-refractivity contribution < 1.29 is 4.79 Å². The Labute approximate surface area is 141 Å². The highest BCUT2D eigenvalue weighted by Crippen LogP contribution is 2.25. The predicted molar refractivity (Wildman–Crippen MR) is 95.2 cm³/mol. The largest absolute Gasteiger partial charge is 0.276 e. The van der Waals surface area contributed by atoms with Crippen LogP contribution >= 0.6 is 23.1 Å². The molecule has 0 spiro atoms. The molecule has 0 saturated heterocycles. The van der Waals surface area contributed by atoms with Gasteiger partial charge in [-0.2, -0.15) is 10.2 Å². The quantitative estimate of drug-likeness (QED) is 0.423. The maximum atomic E-state index is 12.2. The van der Waals surface area contributed by atoms with Gasteiger partial charge in [-0.1, -0.05) is 18.2 Å². The molecule has 3 aromatic rings. The lowest BCUT2D eigenvalue weighted by Crippen LogP contribution is -2.17. The number of aromatic amines is 1. The summed E-state index contributed by atoms with van der Waals surface area (Å²) >= 11 is 3.23. The molecular weight excluding hydrogens is 328 g/mol. The first kappa shape index (κ1) is 15.5. The van der Waals surface area contributed by atoms with Crippen LogP contribution < -0.4 is 5.43 Å². The molecule has 3 rings (SSSR count). The minimum atomic E-state index is -0.292. The van der Waals surface area contributed by atoms with Crippen LogP contribution in [-0.2, 0) is 0 Å². The van der Waals surface area contributed by atoms with Crippen LogP contribution in [0, 0.1) is 0 Å². The second-order valence-corrected chi connectivity index (χ2v) is 6.44. The van der Waals surface area contributed by atoms with Crippen molar-refractivity contribution in [1.82, 2.24) is 15.6 Å². The summed E-state index contributed by atoms with van der Waals surface area (Å²) in [5.74, 6) is -0.292. The van der Waals surface area contributed by atoms with Gasteiger partial charge in [-0.25, -0.2) is 5.43 Å². The maximum Gasteiger partial charge on any atom is 0.275 e. The average molecular weight is 342 g/mol. The zero-order valence-corrected chi connectivity index (χ0v) is 13.9. The first-order chi connectivity index (χ1) is 11.3. The van der Waals surface area contributed by atoms with Crippen molar-refractivity contribution in [3.63, 3.8) is 0 Å². The van der Waals surface area contributed by atoms with Gasteiger partial charge >= 0.3 is 0 Å². The van der Waals surface area contributed by atoms with Crippen LogP contribution in [0.1, 0.15) is 15.9 Å². The smallest absolute Gasteiger partial charge is 0.275 e. The lowest BCUT2D eigenvalue weighted by Gasteiger charge is -2.00. The van der Waals surface area contributed by atoms with Gasteiger partial charge in [0, 0.05) is 4.90 Å². The topological polar surface area (TPSA) is 70.1 Å². The molecule has 0 radical (unpaired) electrons. The Morgan fingerprint density at radius 3 is 2.87 bits per heavy atom. The molecule has 23 heavy (non-hydrogen) atoms. The number of thioether (sulfide) groups is 1. The Hall–Kier alpha value is -2.38. The van der Waals surface area contributed by atoms with E-state index < -0.39 is 0 Å². The van der Waals surface area contributed by atoms with E-state index in [1.807, 2.05) is 48.0 Å². The monoisotopic (exact) mass is 342 g/mol. The number of hydrazone groups is 1. The minimum Gasteiger partial charge on any atom is -0.276 e. The van der Waals surface area contributed by atoms with Crippen LogP contribution in [-0.4, -0.2) is 28.6 Å². The number of amides is 1. The van der Waals surface area contributed by atoms with Crippen molar-refractivity contribution in [2.75, 3.05) is 6.26 Å². The molecule has 5 nitrogen and oxygen atoms in total. The molecule has 2 heterocycles. The number of aromatic nitrogens is 2. The number of carbonyl (C=O) groups excluding carboxylic acids is 1. The summed E-state index contributed by atoms with van der Waals surface area (Å²) < 4.78 is 0. The van der Waals surface area contributed by atoms with E-state index in [1.54, 1.807) is 29.3 Å². The molecule has 0 atom stereocenters. The molecule has 2 N–H and O–H groups in total. The molecule has 0 saturated carbocycles. The van der Waals surface area contributed by atoms with Crippen LogP contribution in [0.2, 0.25) is 0 Å². The van der Waals surface area contributed by atoms with E-state index in [0.29, 0.717) is 11.3 Å². The lowest BCUT2D eigenvalue weighted by molar-refractivity contribution is 0.0956. The molecule has 7 heteroatoms. The van der Waals surface area contributed by atoms with Gasteiger partial charge in [-0.15, -0.1) is 23.1 Å². The van der Waals surface area contributed by atoms with E-state index in [-0.39, 0.29) is 5.91 Å². The predicted octanol–water partition coefficient (Wildman–Crippen LogP) is 3.62. The summed E-state index contributed by atoms with van der Waals surface area (Å²) in [6.45, 7) is 0. The molecule has 1 amide bonds. The summed E-state index contributed by atoms with van der Waals surface area (Å²) in [5, 5.41) is 12.8. The molecule has 2 aromatic heterocycles. The number of carbonyl (C=O) groups is 1. The fourth-order valence-electron chi connectivity index (χ4n) is 1.98. The summed E-state index contributed by atoms with van der Waals surface area (Å²) in [7, 11) is 0. The molecule has 116 valence electrons. The number of benzene rings is 1. The fourth-order valence-corrected chi connectivity index (χ4v) is 3.13. The Morgan fingerprint density at radius 1 is 1.35 bits per heavy atom. The summed E-state index contributed by atoms with van der Waals surface area (Å²) in [6.07, 6.45) is 5.15. The maximum absolute atomic E-state index is 12.2. The van der Waals surface area contributed by atoms with Crippen LogP contribution in [0.3, 0.4) is 0 Å². The highest BCUT2D eigenvalue weighted by molar-refractivity contribution is 7.98. The van der Waals surface area contributed by atoms with Gasteiger partial charge in [-0.3, -0.25) is 9.89 Å². The average Bonchev–Trinajstić information content (AvgIpc) is 3.26. The van der Waals surface area contributed by atoms with Crippen molar-refractivity contribution in [1.29, 1.82) is 0 Å². The Morgan fingerprint density at radius 2 is 2.17 bits per heavy atom. The molecule has 0 fully saturated rings. The molecular formula is C16H14N4OS2. The molecule has 0 unspecified atom stereocenters. The van der Waals surface area contributed by atoms with Gasteiger partial charge in [0.25, 0.3) is 5.91 Å². The number of rotatable bonds is 5. The Kier molecular flexibility index (Phi) is 4.89. The number of H-pyrrole nitrogens is 1. The second kappa shape index (κ2) is 7.26. The van der Waals surface area contributed by atoms with Gasteiger partial charge in [0.05, 0.1) is 28.5 Å². The number of nitrogens with one attached hydrogen (secondary N) is 2. The van der Waals surface area contributed by atoms with Gasteiger partial charge in [0.2, 0.25) is 0 Å². The van der Waals surface area contributed by atoms with E-state index in [1.165, 1.54) is 11.1 Å². The highest BCUT2D eigenvalue weighted by atomic mass is 32.2. The first-order valence-corrected chi connectivity index (χ1v) is 8.93. The van der Waals surface area contributed by atoms with Crippen LogP contribution in [0.4, 0.5) is 0 Å². The van der Waals surface area contributed by atoms with Crippen molar-refractivity contribution >= 4 is 35.2 Å². The van der Waals surface area contributed by atoms with Crippen molar-refractivity contribution in [3.8, 4) is 10.6 Å². The normalized spacial score (nSPS) is 11.0. The fraction of sp³-hybridized carbons (Fsp3) is 0.0625. The highest BCUT2D eigenvalue weighted by Gasteiger charge is 2.15. The standard InChI is InChI=1S/C16H14N4OS2/c1-22-12-6-4-11(5-7-12)9-17-20-16(21)13-10-18-19-15(13)14-3-2-8-23-14/h2-10H,1H3,(H,18,19)(H,20,21)/b17-9-. The SMILES string of the molecule is CSc1ccc(/C=N\NC(=O)c2cn[nH]c2-c2cccs2)cc1. The van der Waals surface area contributed by atoms with Crippen LogP contribution in [0.5, 0.6) is 0 Å². The third-order valence-corrected chi connectivity index (χ3v) is 4.78. The summed E-state index contributed by atoms with van der Waals surface area (Å²) in [6, 6.07) is 11.8. The number of nitrogens with zero attached hydrogens (tertiary/aromatic N) is 2. The van der Waals surface area contributed by atoms with E-state index in [4.69, 9.17) is 0 Å². The molecule has 0 aliphatic heterocycles. The Bertz CT molecular complexity index is 807. The lowest BCUT2D eigenvalue weighted by atomic mass is 10.2. The van der Waals surface area contributed by atoms with Gasteiger partial charge < -0.3 is 0 Å². The molecule has 0 aliphatic carbocycles. The van der Waals surface area contributed by atoms with Gasteiger partial charge in [-0.05, 0) is 35.4 Å². The number of hydrogen-bond donors (Lipinski definition) is 2. The molecule has 0 aliphatic rings. The van der Waals surface area contributed by atoms with E-state index >= 15 is 0 Å². The zero-order valence-electron chi connectivity index (χ0n) is 12.3. The third-order valence-electron chi connectivity index (χ3n) is 3.15. The van der Waals surface area contributed by atoms with Gasteiger partial charge in [0.15, 0.2) is 0 Å². The van der Waals surface area contributed by atoms with E-state index in [2.05, 4.69) is 20.7 Å². The van der Waals surface area contributed by atoms with Crippen molar-refractivity contribution in [3.05, 3.63) is 59.1 Å². The first-order valence-electron chi connectivity index (χ1n) is 6.82. The zero-order chi connectivity index (χ0) is 16.1. The molecule has 0 bridgehead atoms.